The highest BCUT2D eigenvalue weighted by Gasteiger charge is 2.40. The predicted octanol–water partition coefficient (Wildman–Crippen LogP) is 0.344. The van der Waals surface area contributed by atoms with E-state index in [0.29, 0.717) is 11.2 Å². The fourth-order valence-corrected chi connectivity index (χ4v) is 1.25. The van der Waals surface area contributed by atoms with Gasteiger partial charge in [-0.1, -0.05) is 0 Å². The van der Waals surface area contributed by atoms with Gasteiger partial charge in [0.15, 0.2) is 0 Å². The van der Waals surface area contributed by atoms with Crippen LogP contribution in [-0.2, 0) is 4.65 Å². The molecule has 0 aliphatic heterocycles. The second-order valence-electron chi connectivity index (χ2n) is 5.16. The van der Waals surface area contributed by atoms with Crippen LogP contribution < -0.4 is 10.2 Å². The molecule has 5 nitrogen and oxygen atoms in total. The summed E-state index contributed by atoms with van der Waals surface area (Å²) >= 11 is 0. The minimum atomic E-state index is -1.19. The summed E-state index contributed by atoms with van der Waals surface area (Å²) in [6.45, 7) is 6.68. The van der Waals surface area contributed by atoms with Crippen molar-refractivity contribution < 1.29 is 19.5 Å². The molecule has 0 aromatic carbocycles. The number of ether oxygens (including phenoxy) is 1. The number of rotatable bonds is 5. The molecule has 0 aliphatic rings. The summed E-state index contributed by atoms with van der Waals surface area (Å²) in [6.07, 6.45) is 3.04. The van der Waals surface area contributed by atoms with Gasteiger partial charge in [0.2, 0.25) is 0 Å². The standard InChI is InChI=1S/C12H20BNO4/c1-11(2,15)12(3,4)18-13(16)9-6-7-14-8-10(9)17-5/h6-8,15-16H,1-5H3. The fraction of sp³-hybridized carbons (Fsp3) is 0.583. The number of methoxy groups -OCH3 is 1. The Labute approximate surface area is 108 Å². The average Bonchev–Trinajstić information content (AvgIpc) is 2.26. The Morgan fingerprint density at radius 1 is 1.28 bits per heavy atom. The van der Waals surface area contributed by atoms with Crippen LogP contribution in [0.3, 0.4) is 0 Å². The maximum Gasteiger partial charge on any atom is 0.495 e. The first-order chi connectivity index (χ1) is 8.19. The molecule has 0 spiro atoms. The van der Waals surface area contributed by atoms with Crippen molar-refractivity contribution in [1.29, 1.82) is 0 Å². The number of aromatic nitrogens is 1. The maximum atomic E-state index is 10.1. The molecule has 1 aromatic rings. The molecule has 0 atom stereocenters. The van der Waals surface area contributed by atoms with Crippen molar-refractivity contribution in [1.82, 2.24) is 4.98 Å². The predicted molar refractivity (Wildman–Crippen MR) is 69.9 cm³/mol. The summed E-state index contributed by atoms with van der Waals surface area (Å²) < 4.78 is 10.6. The number of hydrogen-bond donors (Lipinski definition) is 2. The van der Waals surface area contributed by atoms with Crippen LogP contribution in [0.5, 0.6) is 5.75 Å². The average molecular weight is 253 g/mol. The number of aliphatic hydroxyl groups is 1. The summed E-state index contributed by atoms with van der Waals surface area (Å²) in [7, 11) is 0.304. The molecule has 1 rings (SSSR count). The molecule has 0 saturated carbocycles. The molecule has 0 amide bonds. The maximum absolute atomic E-state index is 10.1. The smallest absolute Gasteiger partial charge is 0.495 e. The monoisotopic (exact) mass is 253 g/mol. The molecule has 0 fully saturated rings. The van der Waals surface area contributed by atoms with Gasteiger partial charge in [0.05, 0.1) is 24.5 Å². The quantitative estimate of drug-likeness (QED) is 0.740. The molecule has 6 heteroatoms. The van der Waals surface area contributed by atoms with Crippen molar-refractivity contribution in [2.24, 2.45) is 0 Å². The highest BCUT2D eigenvalue weighted by molar-refractivity contribution is 6.61. The highest BCUT2D eigenvalue weighted by Crippen LogP contribution is 2.25. The van der Waals surface area contributed by atoms with Crippen LogP contribution in [0.25, 0.3) is 0 Å². The largest absolute Gasteiger partial charge is 0.496 e. The van der Waals surface area contributed by atoms with E-state index in [1.807, 2.05) is 0 Å². The second-order valence-corrected chi connectivity index (χ2v) is 5.16. The van der Waals surface area contributed by atoms with E-state index in [1.165, 1.54) is 13.3 Å². The summed E-state index contributed by atoms with van der Waals surface area (Å²) in [5, 5.41) is 20.1. The molecule has 0 saturated heterocycles. The Bertz CT molecular complexity index is 403. The minimum Gasteiger partial charge on any atom is -0.496 e. The molecule has 0 bridgehead atoms. The van der Waals surface area contributed by atoms with Crippen molar-refractivity contribution in [2.75, 3.05) is 7.11 Å². The first-order valence-electron chi connectivity index (χ1n) is 5.75. The zero-order valence-corrected chi connectivity index (χ0v) is 11.5. The summed E-state index contributed by atoms with van der Waals surface area (Å²) in [4.78, 5) is 3.90. The van der Waals surface area contributed by atoms with E-state index in [0.717, 1.165) is 0 Å². The molecule has 100 valence electrons. The van der Waals surface area contributed by atoms with Gasteiger partial charge in [0.25, 0.3) is 0 Å². The lowest BCUT2D eigenvalue weighted by Crippen LogP contribution is -2.53. The fourth-order valence-electron chi connectivity index (χ4n) is 1.25. The molecule has 2 N–H and O–H groups in total. The Kier molecular flexibility index (Phi) is 4.37. The normalized spacial score (nSPS) is 12.4. The van der Waals surface area contributed by atoms with Crippen molar-refractivity contribution in [3.63, 3.8) is 0 Å². The van der Waals surface area contributed by atoms with Crippen LogP contribution >= 0.6 is 0 Å². The zero-order valence-electron chi connectivity index (χ0n) is 11.5. The lowest BCUT2D eigenvalue weighted by Gasteiger charge is -2.38. The van der Waals surface area contributed by atoms with Gasteiger partial charge in [-0.05, 0) is 33.8 Å². The van der Waals surface area contributed by atoms with Gasteiger partial charge in [0, 0.05) is 11.7 Å². The van der Waals surface area contributed by atoms with Crippen LogP contribution in [-0.4, -0.2) is 40.5 Å². The van der Waals surface area contributed by atoms with Gasteiger partial charge in [-0.3, -0.25) is 4.98 Å². The van der Waals surface area contributed by atoms with E-state index >= 15 is 0 Å². The van der Waals surface area contributed by atoms with Gasteiger partial charge in [-0.15, -0.1) is 0 Å². The molecule has 1 aromatic heterocycles. The molecule has 0 radical (unpaired) electrons. The van der Waals surface area contributed by atoms with E-state index in [2.05, 4.69) is 4.98 Å². The first-order valence-corrected chi connectivity index (χ1v) is 5.75. The summed E-state index contributed by atoms with van der Waals surface area (Å²) in [6, 6.07) is 1.62. The van der Waals surface area contributed by atoms with Crippen LogP contribution in [0.2, 0.25) is 0 Å². The van der Waals surface area contributed by atoms with E-state index in [-0.39, 0.29) is 0 Å². The van der Waals surface area contributed by atoms with Gasteiger partial charge in [-0.2, -0.15) is 0 Å². The van der Waals surface area contributed by atoms with Gasteiger partial charge in [-0.25, -0.2) is 0 Å². The lowest BCUT2D eigenvalue weighted by atomic mass is 9.76. The number of hydrogen-bond acceptors (Lipinski definition) is 5. The van der Waals surface area contributed by atoms with E-state index in [1.54, 1.807) is 40.0 Å². The van der Waals surface area contributed by atoms with Crippen molar-refractivity contribution in [2.45, 2.75) is 38.9 Å². The Hall–Kier alpha value is -1.11. The molecular formula is C12H20BNO4. The topological polar surface area (TPSA) is 71.8 Å². The minimum absolute atomic E-state index is 0.441. The first kappa shape index (κ1) is 15.0. The zero-order chi connectivity index (χ0) is 14.0. The van der Waals surface area contributed by atoms with Gasteiger partial charge < -0.3 is 19.5 Å². The van der Waals surface area contributed by atoms with Crippen LogP contribution in [0.1, 0.15) is 27.7 Å². The molecule has 18 heavy (non-hydrogen) atoms. The van der Waals surface area contributed by atoms with Crippen LogP contribution in [0.15, 0.2) is 18.5 Å². The molecular weight excluding hydrogens is 233 g/mol. The summed E-state index contributed by atoms with van der Waals surface area (Å²) in [5.41, 5.74) is -1.53. The molecule has 0 unspecified atom stereocenters. The van der Waals surface area contributed by atoms with Gasteiger partial charge >= 0.3 is 7.12 Å². The Morgan fingerprint density at radius 3 is 2.39 bits per heavy atom. The highest BCUT2D eigenvalue weighted by atomic mass is 16.6. The Morgan fingerprint density at radius 2 is 1.89 bits per heavy atom. The molecule has 0 aliphatic carbocycles. The van der Waals surface area contributed by atoms with E-state index < -0.39 is 18.3 Å². The van der Waals surface area contributed by atoms with Gasteiger partial charge in [0.1, 0.15) is 5.75 Å². The Balaban J connectivity index is 2.92. The van der Waals surface area contributed by atoms with E-state index in [9.17, 15) is 10.1 Å². The van der Waals surface area contributed by atoms with Crippen molar-refractivity contribution in [3.05, 3.63) is 18.5 Å². The third kappa shape index (κ3) is 3.22. The van der Waals surface area contributed by atoms with Crippen molar-refractivity contribution in [3.8, 4) is 5.75 Å². The molecule has 1 heterocycles. The van der Waals surface area contributed by atoms with Crippen LogP contribution in [0, 0.1) is 0 Å². The van der Waals surface area contributed by atoms with E-state index in [4.69, 9.17) is 9.39 Å². The third-order valence-corrected chi connectivity index (χ3v) is 3.18. The summed E-state index contributed by atoms with van der Waals surface area (Å²) in [5.74, 6) is 0.441. The SMILES string of the molecule is COc1cnccc1B(O)OC(C)(C)C(C)(C)O. The third-order valence-electron chi connectivity index (χ3n) is 3.18. The number of pyridine rings is 1. The number of nitrogens with zero attached hydrogens (tertiary/aromatic N) is 1. The lowest BCUT2D eigenvalue weighted by molar-refractivity contribution is -0.0983. The second kappa shape index (κ2) is 5.26. The van der Waals surface area contributed by atoms with Crippen molar-refractivity contribution >= 4 is 12.6 Å². The van der Waals surface area contributed by atoms with Crippen LogP contribution in [0.4, 0.5) is 0 Å².